The molecule has 5 heteroatoms. The van der Waals surface area contributed by atoms with Gasteiger partial charge in [-0.3, -0.25) is 0 Å². The van der Waals surface area contributed by atoms with Gasteiger partial charge < -0.3 is 8.47 Å². The lowest BCUT2D eigenvalue weighted by Gasteiger charge is -2.59. The van der Waals surface area contributed by atoms with Gasteiger partial charge in [-0.15, -0.1) is 0 Å². The molecular weight excluding hydrogens is 1600 g/mol. The Labute approximate surface area is 753 Å². The van der Waals surface area contributed by atoms with E-state index in [1.807, 2.05) is 0 Å². The lowest BCUT2D eigenvalue weighted by molar-refractivity contribution is 1.30. The van der Waals surface area contributed by atoms with Crippen molar-refractivity contribution in [1.82, 2.24) is 8.47 Å². The predicted molar refractivity (Wildman–Crippen MR) is 557 cm³/mol. The normalized spacial score (nSPS) is 12.0. The van der Waals surface area contributed by atoms with Gasteiger partial charge in [0.1, 0.15) is 0 Å². The van der Waals surface area contributed by atoms with E-state index in [-0.39, 0.29) is 0 Å². The number of aromatic nitrogens is 2. The number of benzene rings is 22. The monoisotopic (exact) mass is 1690 g/mol. The van der Waals surface area contributed by atoms with Crippen molar-refractivity contribution in [1.29, 1.82) is 0 Å². The van der Waals surface area contributed by atoms with Crippen molar-refractivity contribution in [2.75, 3.05) is 0 Å². The molecule has 0 aliphatic heterocycles. The summed E-state index contributed by atoms with van der Waals surface area (Å²) in [7, 11) is -13.8. The molecule has 0 spiro atoms. The minimum Gasteiger partial charge on any atom is -0.361 e. The Balaban J connectivity index is 0.966. The van der Waals surface area contributed by atoms with Gasteiger partial charge in [0.2, 0.25) is 15.5 Å². The molecule has 2 aromatic heterocycles. The Hall–Kier alpha value is -15.9. The quantitative estimate of drug-likeness (QED) is 0.0599. The highest BCUT2D eigenvalue weighted by molar-refractivity contribution is 7.85. The highest BCUT2D eigenvalue weighted by Gasteiger charge is 2.75. The summed E-state index contributed by atoms with van der Waals surface area (Å²) >= 11 is 0. The Morgan fingerprint density at radius 3 is 0.605 bits per heavy atom. The third-order valence-corrected chi connectivity index (χ3v) is 60.6. The van der Waals surface area contributed by atoms with Crippen molar-refractivity contribution in [3.05, 3.63) is 522 Å². The number of nitrogens with zero attached hydrogens (tertiary/aromatic N) is 2. The van der Waals surface area contributed by atoms with E-state index in [2.05, 4.69) is 530 Å². The summed E-state index contributed by atoms with van der Waals surface area (Å²) in [5.74, 6) is 0. The Kier molecular flexibility index (Phi) is 19.0. The van der Waals surface area contributed by atoms with Crippen LogP contribution < -0.4 is 31.1 Å². The third-order valence-electron chi connectivity index (χ3n) is 27.7. The molecule has 0 saturated heterocycles. The predicted octanol–water partition coefficient (Wildman–Crippen LogP) is 28.2. The van der Waals surface area contributed by atoms with Crippen molar-refractivity contribution in [3.63, 3.8) is 0 Å². The zero-order valence-corrected chi connectivity index (χ0v) is 74.0. The van der Waals surface area contributed by atoms with E-state index in [0.29, 0.717) is 0 Å². The Bertz CT molecular complexity index is 7670. The van der Waals surface area contributed by atoms with Gasteiger partial charge in [-0.25, -0.2) is 0 Å². The van der Waals surface area contributed by atoms with Gasteiger partial charge in [-0.1, -0.05) is 484 Å². The fourth-order valence-corrected chi connectivity index (χ4v) is 66.1. The number of para-hydroxylation sites is 2. The van der Waals surface area contributed by atoms with Crippen LogP contribution in [0.25, 0.3) is 176 Å². The van der Waals surface area contributed by atoms with Gasteiger partial charge >= 0.3 is 0 Å². The summed E-state index contributed by atoms with van der Waals surface area (Å²) < 4.78 is 6.21. The molecule has 0 N–H and O–H groups in total. The van der Waals surface area contributed by atoms with Crippen LogP contribution in [0, 0.1) is 0 Å². The second-order valence-corrected chi connectivity index (χ2v) is 53.4. The maximum atomic E-state index is 3.10. The molecule has 0 radical (unpaired) electrons. The van der Waals surface area contributed by atoms with E-state index in [9.17, 15) is 0 Å². The van der Waals surface area contributed by atoms with E-state index in [1.54, 1.807) is 0 Å². The first-order valence-electron chi connectivity index (χ1n) is 44.8. The molecule has 0 aliphatic carbocycles. The average molecular weight is 1690 g/mol. The maximum absolute atomic E-state index is 4.67. The fourth-order valence-electron chi connectivity index (χ4n) is 22.1. The van der Waals surface area contributed by atoms with Gasteiger partial charge in [0, 0.05) is 43.6 Å². The lowest BCUT2D eigenvalue weighted by atomic mass is 9.93. The highest BCUT2D eigenvalue weighted by Crippen LogP contribution is 2.48. The molecule has 0 unspecified atom stereocenters. The van der Waals surface area contributed by atoms with Crippen LogP contribution in [0.5, 0.6) is 0 Å². The molecule has 22 aromatic carbocycles. The van der Waals surface area contributed by atoms with Crippen LogP contribution >= 0.6 is 0 Å². The van der Waals surface area contributed by atoms with Crippen molar-refractivity contribution in [2.24, 2.45) is 0 Å². The first kappa shape index (κ1) is 76.8. The van der Waals surface area contributed by atoms with Gasteiger partial charge in [0.25, 0.3) is 0 Å². The highest BCUT2D eigenvalue weighted by atomic mass is 29.6. The Morgan fingerprint density at radius 1 is 0.124 bits per heavy atom. The average Bonchev–Trinajstić information content (AvgIpc) is 1.65. The van der Waals surface area contributed by atoms with Gasteiger partial charge in [0.15, 0.2) is 7.11 Å². The number of hydrogen-bond acceptors (Lipinski definition) is 0. The summed E-state index contributed by atoms with van der Waals surface area (Å²) in [6, 6.07) is 203. The van der Waals surface area contributed by atoms with E-state index in [1.165, 1.54) is 129 Å². The van der Waals surface area contributed by atoms with Crippen molar-refractivity contribution in [2.45, 2.75) is 0 Å². The molecule has 24 rings (SSSR count). The Morgan fingerprint density at radius 2 is 0.326 bits per heavy atom. The van der Waals surface area contributed by atoms with E-state index < -0.39 is 22.6 Å². The second-order valence-electron chi connectivity index (χ2n) is 34.4. The standard InChI is InChI=1S/C124H86N2Si3/c1-7-31-87(32-8-1)93-55-69-103(70-56-93)127(104-71-57-94(58-72-104)88-33-9-2-10-34-88,125-121-53-29-27-51-115(121)119-85-101(67-81-123(119)125)117-83-99-43-19-21-45-109(99)111-47-23-25-49-113(111)117)129(107-77-63-97(64-78-107)91-39-15-5-16-40-91,108-79-65-98(66-80-108)92-41-17-6-18-42-92)128(105-73-59-95(60-74-105)89-35-11-3-12-36-89,106-75-61-96(62-76-106)90-37-13-4-14-38-90)126-122-54-30-28-52-116(122)120-86-102(68-82-124(120)126)118-84-100-44-20-22-46-110(100)112-48-24-26-50-114(112)118/h1-86H. The van der Waals surface area contributed by atoms with Crippen molar-refractivity contribution < 1.29 is 0 Å². The summed E-state index contributed by atoms with van der Waals surface area (Å²) in [6.07, 6.45) is 0. The molecule has 0 saturated carbocycles. The van der Waals surface area contributed by atoms with Crippen molar-refractivity contribution >= 4 is 140 Å². The van der Waals surface area contributed by atoms with Gasteiger partial charge in [0.05, 0.1) is 0 Å². The summed E-state index contributed by atoms with van der Waals surface area (Å²) in [5, 5.41) is 22.4. The first-order valence-corrected chi connectivity index (χ1v) is 52.7. The van der Waals surface area contributed by atoms with Crippen LogP contribution in [0.2, 0.25) is 0 Å². The van der Waals surface area contributed by atoms with Crippen LogP contribution in [0.4, 0.5) is 0 Å². The molecule has 0 fully saturated rings. The van der Waals surface area contributed by atoms with Crippen LogP contribution in [-0.4, -0.2) is 31.1 Å². The number of hydrogen-bond donors (Lipinski definition) is 0. The zero-order valence-electron chi connectivity index (χ0n) is 71.0. The van der Waals surface area contributed by atoms with E-state index in [4.69, 9.17) is 0 Å². The van der Waals surface area contributed by atoms with Gasteiger partial charge in [-0.05, 0) is 201 Å². The van der Waals surface area contributed by atoms with E-state index >= 15 is 0 Å². The smallest absolute Gasteiger partial charge is 0.222 e. The molecule has 0 aliphatic rings. The van der Waals surface area contributed by atoms with Gasteiger partial charge in [-0.2, -0.15) is 0 Å². The summed E-state index contributed by atoms with van der Waals surface area (Å²) in [5.41, 5.74) is 23.3. The number of rotatable bonds is 18. The topological polar surface area (TPSA) is 9.86 Å². The summed E-state index contributed by atoms with van der Waals surface area (Å²) in [4.78, 5) is 0. The molecule has 24 aromatic rings. The molecule has 0 atom stereocenters. The molecule has 2 nitrogen and oxygen atoms in total. The van der Waals surface area contributed by atoms with Crippen LogP contribution in [0.15, 0.2) is 522 Å². The maximum Gasteiger partial charge on any atom is 0.222 e. The number of fused-ring (bicyclic) bond motifs is 12. The largest absolute Gasteiger partial charge is 0.361 e. The molecular formula is C124H86N2Si3. The second kappa shape index (κ2) is 32.0. The molecule has 0 bridgehead atoms. The third kappa shape index (κ3) is 12.5. The lowest BCUT2D eigenvalue weighted by Crippen LogP contribution is -3.02. The first-order chi connectivity index (χ1) is 64.0. The van der Waals surface area contributed by atoms with Crippen molar-refractivity contribution in [3.8, 4) is 89.0 Å². The molecule has 129 heavy (non-hydrogen) atoms. The molecule has 604 valence electrons. The molecule has 0 amide bonds. The SMILES string of the molecule is c1ccc(-c2ccc([Si](c3ccc(-c4ccccc4)cc3)(n3c4ccccc4c4cc(-c5cc6ccccc6c6ccccc56)ccc43)[Si](c3ccc(-c4ccccc4)cc3)(c3ccc(-c4ccccc4)cc3)[Si](c3ccc(-c4ccccc4)cc3)(c3ccc(-c4ccccc4)cc3)n3c4ccccc4c4cc(-c5cc6ccccc6c6ccccc56)ccc43)cc2)cc1. The minimum atomic E-state index is -4.67. The minimum absolute atomic E-state index is 1.15. The summed E-state index contributed by atoms with van der Waals surface area (Å²) in [6.45, 7) is 0. The van der Waals surface area contributed by atoms with E-state index in [0.717, 1.165) is 77.9 Å². The fraction of sp³-hybridized carbons (Fsp3) is 0. The zero-order chi connectivity index (χ0) is 85.4. The molecule has 2 heterocycles. The van der Waals surface area contributed by atoms with Crippen LogP contribution in [0.1, 0.15) is 0 Å². The van der Waals surface area contributed by atoms with Crippen LogP contribution in [0.3, 0.4) is 0 Å². The van der Waals surface area contributed by atoms with Crippen LogP contribution in [-0.2, 0) is 0 Å².